The molecule has 0 amide bonds. The maximum atomic E-state index is 5.80. The van der Waals surface area contributed by atoms with E-state index in [4.69, 9.17) is 9.26 Å². The van der Waals surface area contributed by atoms with Crippen LogP contribution in [0.5, 0.6) is 0 Å². The summed E-state index contributed by atoms with van der Waals surface area (Å²) in [5, 5.41) is 7.33. The molecule has 1 fully saturated rings. The van der Waals surface area contributed by atoms with Crippen molar-refractivity contribution in [2.45, 2.75) is 45.8 Å². The number of likely N-dealkylation sites (N-methyl/N-ethyl adjacent to an activating group) is 1. The molecular weight excluding hydrogens is 256 g/mol. The molecule has 114 valence electrons. The van der Waals surface area contributed by atoms with E-state index in [0.717, 1.165) is 57.8 Å². The fourth-order valence-corrected chi connectivity index (χ4v) is 2.40. The summed E-state index contributed by atoms with van der Waals surface area (Å²) in [6.07, 6.45) is 3.27. The average Bonchev–Trinajstić information content (AvgIpc) is 2.95. The van der Waals surface area contributed by atoms with Crippen molar-refractivity contribution in [3.63, 3.8) is 0 Å². The van der Waals surface area contributed by atoms with Crippen molar-refractivity contribution in [1.29, 1.82) is 0 Å². The Labute approximate surface area is 120 Å². The van der Waals surface area contributed by atoms with Crippen LogP contribution in [-0.4, -0.2) is 53.9 Å². The van der Waals surface area contributed by atoms with Crippen LogP contribution in [0.4, 0.5) is 0 Å². The predicted molar refractivity (Wildman–Crippen MR) is 76.5 cm³/mol. The monoisotopic (exact) mass is 282 g/mol. The van der Waals surface area contributed by atoms with E-state index in [1.54, 1.807) is 0 Å². The van der Waals surface area contributed by atoms with Crippen LogP contribution in [-0.2, 0) is 17.8 Å². The van der Waals surface area contributed by atoms with E-state index in [1.165, 1.54) is 0 Å². The van der Waals surface area contributed by atoms with Gasteiger partial charge in [0, 0.05) is 13.0 Å². The molecule has 1 aliphatic rings. The van der Waals surface area contributed by atoms with Crippen LogP contribution in [0.25, 0.3) is 0 Å². The van der Waals surface area contributed by atoms with Crippen molar-refractivity contribution in [3.05, 3.63) is 11.7 Å². The molecule has 0 spiro atoms. The Kier molecular flexibility index (Phi) is 6.42. The van der Waals surface area contributed by atoms with Crippen LogP contribution >= 0.6 is 0 Å². The van der Waals surface area contributed by atoms with Crippen molar-refractivity contribution in [2.24, 2.45) is 0 Å². The quantitative estimate of drug-likeness (QED) is 0.773. The fraction of sp³-hybridized carbons (Fsp3) is 0.857. The lowest BCUT2D eigenvalue weighted by atomic mass is 10.1. The fourth-order valence-electron chi connectivity index (χ4n) is 2.40. The summed E-state index contributed by atoms with van der Waals surface area (Å²) in [5.74, 6) is 1.37. The van der Waals surface area contributed by atoms with Crippen LogP contribution in [0.1, 0.15) is 38.4 Å². The molecule has 0 unspecified atom stereocenters. The molecule has 1 aromatic rings. The largest absolute Gasteiger partial charge is 0.368 e. The van der Waals surface area contributed by atoms with Gasteiger partial charge in [-0.3, -0.25) is 0 Å². The summed E-state index contributed by atoms with van der Waals surface area (Å²) in [6, 6.07) is 0. The Morgan fingerprint density at radius 2 is 2.05 bits per heavy atom. The molecule has 0 aromatic carbocycles. The predicted octanol–water partition coefficient (Wildman–Crippen LogP) is 1.22. The zero-order chi connectivity index (χ0) is 14.2. The number of aromatic nitrogens is 2. The highest BCUT2D eigenvalue weighted by Gasteiger charge is 2.15. The Bertz CT molecular complexity index is 373. The molecule has 20 heavy (non-hydrogen) atoms. The second kappa shape index (κ2) is 8.34. The molecule has 1 aromatic heterocycles. The lowest BCUT2D eigenvalue weighted by molar-refractivity contribution is 0.00859. The average molecular weight is 282 g/mol. The first-order chi connectivity index (χ1) is 9.81. The third kappa shape index (κ3) is 4.85. The van der Waals surface area contributed by atoms with E-state index in [0.29, 0.717) is 18.6 Å². The maximum Gasteiger partial charge on any atom is 0.252 e. The van der Waals surface area contributed by atoms with Gasteiger partial charge in [-0.15, -0.1) is 0 Å². The second-order valence-corrected chi connectivity index (χ2v) is 5.14. The smallest absolute Gasteiger partial charge is 0.252 e. The summed E-state index contributed by atoms with van der Waals surface area (Å²) in [4.78, 5) is 6.74. The van der Waals surface area contributed by atoms with Crippen molar-refractivity contribution >= 4 is 0 Å². The van der Waals surface area contributed by atoms with Gasteiger partial charge in [0.15, 0.2) is 5.82 Å². The van der Waals surface area contributed by atoms with Gasteiger partial charge in [0.2, 0.25) is 0 Å². The third-order valence-electron chi connectivity index (χ3n) is 3.78. The van der Waals surface area contributed by atoms with Gasteiger partial charge in [0.1, 0.15) is 6.61 Å². The van der Waals surface area contributed by atoms with Gasteiger partial charge in [-0.2, -0.15) is 4.98 Å². The zero-order valence-electron chi connectivity index (χ0n) is 12.6. The second-order valence-electron chi connectivity index (χ2n) is 5.14. The van der Waals surface area contributed by atoms with E-state index in [2.05, 4.69) is 34.2 Å². The molecule has 0 atom stereocenters. The Balaban J connectivity index is 1.71. The van der Waals surface area contributed by atoms with Crippen LogP contribution < -0.4 is 5.32 Å². The number of rotatable bonds is 8. The topological polar surface area (TPSA) is 63.4 Å². The van der Waals surface area contributed by atoms with Crippen LogP contribution in [0.3, 0.4) is 0 Å². The van der Waals surface area contributed by atoms with Gasteiger partial charge in [-0.1, -0.05) is 19.0 Å². The highest BCUT2D eigenvalue weighted by atomic mass is 16.5. The lowest BCUT2D eigenvalue weighted by Crippen LogP contribution is -2.32. The number of hydrogen-bond donors (Lipinski definition) is 1. The highest BCUT2D eigenvalue weighted by molar-refractivity contribution is 4.86. The number of piperidine rings is 1. The highest BCUT2D eigenvalue weighted by Crippen LogP contribution is 2.10. The van der Waals surface area contributed by atoms with Gasteiger partial charge in [-0.05, 0) is 39.0 Å². The number of nitrogens with zero attached hydrogens (tertiary/aromatic N) is 3. The maximum absolute atomic E-state index is 5.80. The van der Waals surface area contributed by atoms with Gasteiger partial charge < -0.3 is 19.5 Å². The minimum absolute atomic E-state index is 0.322. The molecule has 0 saturated carbocycles. The molecule has 2 rings (SSSR count). The van der Waals surface area contributed by atoms with E-state index in [1.807, 2.05) is 0 Å². The third-order valence-corrected chi connectivity index (χ3v) is 3.78. The van der Waals surface area contributed by atoms with Gasteiger partial charge in [0.25, 0.3) is 5.89 Å². The Morgan fingerprint density at radius 3 is 2.75 bits per heavy atom. The number of hydrogen-bond acceptors (Lipinski definition) is 6. The molecular formula is C14H26N4O2. The van der Waals surface area contributed by atoms with E-state index in [9.17, 15) is 0 Å². The summed E-state index contributed by atoms with van der Waals surface area (Å²) in [5.41, 5.74) is 0. The number of ether oxygens (including phenoxy) is 1. The van der Waals surface area contributed by atoms with Gasteiger partial charge in [0.05, 0.1) is 6.10 Å². The van der Waals surface area contributed by atoms with Crippen molar-refractivity contribution in [1.82, 2.24) is 20.4 Å². The van der Waals surface area contributed by atoms with Gasteiger partial charge >= 0.3 is 0 Å². The van der Waals surface area contributed by atoms with Crippen molar-refractivity contribution < 1.29 is 9.26 Å². The summed E-state index contributed by atoms with van der Waals surface area (Å²) < 4.78 is 11.0. The van der Waals surface area contributed by atoms with E-state index in [-0.39, 0.29) is 0 Å². The summed E-state index contributed by atoms with van der Waals surface area (Å²) >= 11 is 0. The molecule has 2 heterocycles. The van der Waals surface area contributed by atoms with E-state index < -0.39 is 0 Å². The molecule has 0 aliphatic carbocycles. The molecule has 6 nitrogen and oxygen atoms in total. The molecule has 6 heteroatoms. The summed E-state index contributed by atoms with van der Waals surface area (Å²) in [6.45, 7) is 9.91. The first-order valence-electron chi connectivity index (χ1n) is 7.68. The zero-order valence-corrected chi connectivity index (χ0v) is 12.6. The standard InChI is InChI=1S/C14H26N4O2/c1-3-18(4-2)10-7-13-16-14(20-17-13)11-19-12-5-8-15-9-6-12/h12,15H,3-11H2,1-2H3. The van der Waals surface area contributed by atoms with Crippen molar-refractivity contribution in [2.75, 3.05) is 32.7 Å². The molecule has 0 radical (unpaired) electrons. The minimum Gasteiger partial charge on any atom is -0.368 e. The molecule has 1 aliphatic heterocycles. The van der Waals surface area contributed by atoms with Crippen molar-refractivity contribution in [3.8, 4) is 0 Å². The summed E-state index contributed by atoms with van der Waals surface area (Å²) in [7, 11) is 0. The lowest BCUT2D eigenvalue weighted by Gasteiger charge is -2.21. The van der Waals surface area contributed by atoms with E-state index >= 15 is 0 Å². The number of nitrogens with one attached hydrogen (secondary N) is 1. The first kappa shape index (κ1) is 15.4. The van der Waals surface area contributed by atoms with Crippen LogP contribution in [0.2, 0.25) is 0 Å². The normalized spacial score (nSPS) is 16.9. The molecule has 1 saturated heterocycles. The molecule has 1 N–H and O–H groups in total. The Morgan fingerprint density at radius 1 is 1.30 bits per heavy atom. The van der Waals surface area contributed by atoms with Crippen LogP contribution in [0, 0.1) is 0 Å². The first-order valence-corrected chi connectivity index (χ1v) is 7.68. The molecule has 0 bridgehead atoms. The van der Waals surface area contributed by atoms with Crippen LogP contribution in [0.15, 0.2) is 4.52 Å². The minimum atomic E-state index is 0.322. The van der Waals surface area contributed by atoms with Gasteiger partial charge in [-0.25, -0.2) is 0 Å². The Hall–Kier alpha value is -0.980. The SMILES string of the molecule is CCN(CC)CCc1noc(COC2CCNCC2)n1.